The van der Waals surface area contributed by atoms with Crippen molar-refractivity contribution in [2.75, 3.05) is 24.3 Å². The average molecular weight is 394 g/mol. The van der Waals surface area contributed by atoms with Crippen molar-refractivity contribution in [2.24, 2.45) is 5.92 Å². The van der Waals surface area contributed by atoms with Gasteiger partial charge >= 0.3 is 5.69 Å². The molecule has 0 aliphatic rings. The number of fused-ring (bicyclic) bond motifs is 1. The number of aromatic nitrogens is 2. The van der Waals surface area contributed by atoms with E-state index in [1.165, 1.54) is 4.57 Å². The summed E-state index contributed by atoms with van der Waals surface area (Å²) in [6.07, 6.45) is 0.974. The minimum absolute atomic E-state index is 0.129. The summed E-state index contributed by atoms with van der Waals surface area (Å²) in [6.45, 7) is 4.89. The minimum Gasteiger partial charge on any atom is -0.497 e. The zero-order valence-corrected chi connectivity index (χ0v) is 16.9. The first-order valence-corrected chi connectivity index (χ1v) is 9.65. The maximum Gasteiger partial charge on any atom is 0.350 e. The second kappa shape index (κ2) is 9.23. The summed E-state index contributed by atoms with van der Waals surface area (Å²) in [5.74, 6) is 1.43. The number of benzene rings is 2. The summed E-state index contributed by atoms with van der Waals surface area (Å²) >= 11 is 0. The van der Waals surface area contributed by atoms with E-state index in [0.717, 1.165) is 18.4 Å². The molecule has 0 aliphatic carbocycles. The first-order valence-electron chi connectivity index (χ1n) is 9.65. The van der Waals surface area contributed by atoms with Gasteiger partial charge in [0.25, 0.3) is 0 Å². The number of para-hydroxylation sites is 1. The Balaban J connectivity index is 1.84. The molecule has 152 valence electrons. The van der Waals surface area contributed by atoms with E-state index < -0.39 is 5.69 Å². The van der Waals surface area contributed by atoms with E-state index in [1.54, 1.807) is 31.4 Å². The molecule has 1 heterocycles. The molecule has 3 rings (SSSR count). The van der Waals surface area contributed by atoms with E-state index in [-0.39, 0.29) is 12.5 Å². The van der Waals surface area contributed by atoms with Crippen LogP contribution in [0, 0.1) is 5.92 Å². The van der Waals surface area contributed by atoms with Crippen molar-refractivity contribution in [2.45, 2.75) is 26.8 Å². The number of nitrogens with zero attached hydrogens (tertiary/aromatic N) is 2. The fourth-order valence-corrected chi connectivity index (χ4v) is 3.04. The molecular weight excluding hydrogens is 368 g/mol. The number of nitrogens with one attached hydrogen (secondary N) is 2. The van der Waals surface area contributed by atoms with Gasteiger partial charge in [0.1, 0.15) is 18.1 Å². The number of hydrogen-bond donors (Lipinski definition) is 2. The molecule has 2 N–H and O–H groups in total. The number of ether oxygens (including phenoxy) is 1. The van der Waals surface area contributed by atoms with E-state index in [4.69, 9.17) is 4.74 Å². The molecular formula is C22H26N4O3. The van der Waals surface area contributed by atoms with Crippen LogP contribution in [0.2, 0.25) is 0 Å². The fourth-order valence-electron chi connectivity index (χ4n) is 3.04. The van der Waals surface area contributed by atoms with Crippen molar-refractivity contribution >= 4 is 28.3 Å². The van der Waals surface area contributed by atoms with Crippen LogP contribution < -0.4 is 21.1 Å². The van der Waals surface area contributed by atoms with Crippen LogP contribution in [0.5, 0.6) is 5.75 Å². The molecule has 2 aromatic carbocycles. The molecule has 0 saturated heterocycles. The zero-order valence-electron chi connectivity index (χ0n) is 16.9. The third-order valence-electron chi connectivity index (χ3n) is 4.56. The number of carbonyl (C=O) groups is 1. The Bertz CT molecular complexity index is 1060. The van der Waals surface area contributed by atoms with E-state index >= 15 is 0 Å². The molecule has 0 atom stereocenters. The Kier molecular flexibility index (Phi) is 6.49. The van der Waals surface area contributed by atoms with Gasteiger partial charge in [0, 0.05) is 23.7 Å². The van der Waals surface area contributed by atoms with Crippen molar-refractivity contribution in [3.63, 3.8) is 0 Å². The summed E-state index contributed by atoms with van der Waals surface area (Å²) in [4.78, 5) is 29.4. The van der Waals surface area contributed by atoms with Crippen molar-refractivity contribution in [1.29, 1.82) is 0 Å². The number of rotatable bonds is 8. The molecule has 0 saturated carbocycles. The predicted octanol–water partition coefficient (Wildman–Crippen LogP) is 3.50. The standard InChI is InChI=1S/C22H26N4O3/c1-15(2)11-12-23-21-18-9-4-5-10-19(18)26(22(28)25-21)14-20(27)24-16-7-6-8-17(13-16)29-3/h4-10,13,15H,11-12,14H2,1-3H3,(H,24,27)(H,23,25,28). The fraction of sp³-hybridized carbons (Fsp3) is 0.318. The highest BCUT2D eigenvalue weighted by atomic mass is 16.5. The molecule has 0 unspecified atom stereocenters. The van der Waals surface area contributed by atoms with Crippen LogP contribution in [0.1, 0.15) is 20.3 Å². The van der Waals surface area contributed by atoms with Gasteiger partial charge in [0.05, 0.1) is 12.6 Å². The Morgan fingerprint density at radius 3 is 2.72 bits per heavy atom. The van der Waals surface area contributed by atoms with Crippen LogP contribution in [-0.4, -0.2) is 29.1 Å². The van der Waals surface area contributed by atoms with Crippen LogP contribution in [-0.2, 0) is 11.3 Å². The highest BCUT2D eigenvalue weighted by Crippen LogP contribution is 2.20. The lowest BCUT2D eigenvalue weighted by Crippen LogP contribution is -2.30. The highest BCUT2D eigenvalue weighted by Gasteiger charge is 2.13. The first kappa shape index (κ1) is 20.4. The van der Waals surface area contributed by atoms with Gasteiger partial charge in [0.2, 0.25) is 5.91 Å². The largest absolute Gasteiger partial charge is 0.497 e. The number of amides is 1. The number of anilines is 2. The average Bonchev–Trinajstić information content (AvgIpc) is 2.70. The zero-order chi connectivity index (χ0) is 20.8. The van der Waals surface area contributed by atoms with Crippen molar-refractivity contribution < 1.29 is 9.53 Å². The second-order valence-corrected chi connectivity index (χ2v) is 7.24. The SMILES string of the molecule is COc1cccc(NC(=O)Cn2c(=O)nc(NCCC(C)C)c3ccccc32)c1. The van der Waals surface area contributed by atoms with E-state index in [9.17, 15) is 9.59 Å². The molecule has 7 nitrogen and oxygen atoms in total. The first-order chi connectivity index (χ1) is 14.0. The summed E-state index contributed by atoms with van der Waals surface area (Å²) in [5.41, 5.74) is 0.809. The van der Waals surface area contributed by atoms with Crippen molar-refractivity contribution in [1.82, 2.24) is 9.55 Å². The van der Waals surface area contributed by atoms with Gasteiger partial charge in [-0.25, -0.2) is 4.79 Å². The maximum absolute atomic E-state index is 12.7. The Labute approximate surface area is 169 Å². The van der Waals surface area contributed by atoms with Crippen LogP contribution in [0.4, 0.5) is 11.5 Å². The molecule has 0 aliphatic heterocycles. The quantitative estimate of drug-likeness (QED) is 0.611. The van der Waals surface area contributed by atoms with Gasteiger partial charge in [-0.05, 0) is 36.6 Å². The lowest BCUT2D eigenvalue weighted by molar-refractivity contribution is -0.116. The van der Waals surface area contributed by atoms with Gasteiger partial charge in [-0.15, -0.1) is 0 Å². The van der Waals surface area contributed by atoms with Gasteiger partial charge in [-0.3, -0.25) is 9.36 Å². The Morgan fingerprint density at radius 2 is 1.97 bits per heavy atom. The van der Waals surface area contributed by atoms with Crippen LogP contribution in [0.25, 0.3) is 10.9 Å². The van der Waals surface area contributed by atoms with Crippen molar-refractivity contribution in [3.8, 4) is 5.75 Å². The van der Waals surface area contributed by atoms with Crippen LogP contribution >= 0.6 is 0 Å². The van der Waals surface area contributed by atoms with Gasteiger partial charge in [-0.1, -0.05) is 32.0 Å². The third kappa shape index (κ3) is 5.13. The van der Waals surface area contributed by atoms with Gasteiger partial charge in [-0.2, -0.15) is 4.98 Å². The number of carbonyl (C=O) groups excluding carboxylic acids is 1. The molecule has 1 amide bonds. The Morgan fingerprint density at radius 1 is 1.17 bits per heavy atom. The van der Waals surface area contributed by atoms with Crippen LogP contribution in [0.15, 0.2) is 53.3 Å². The van der Waals surface area contributed by atoms with Crippen LogP contribution in [0.3, 0.4) is 0 Å². The summed E-state index contributed by atoms with van der Waals surface area (Å²) < 4.78 is 6.56. The lowest BCUT2D eigenvalue weighted by atomic mass is 10.1. The van der Waals surface area contributed by atoms with Crippen molar-refractivity contribution in [3.05, 3.63) is 59.0 Å². The summed E-state index contributed by atoms with van der Waals surface area (Å²) in [7, 11) is 1.56. The van der Waals surface area contributed by atoms with E-state index in [0.29, 0.717) is 28.7 Å². The molecule has 0 fully saturated rings. The number of hydrogen-bond acceptors (Lipinski definition) is 5. The maximum atomic E-state index is 12.7. The lowest BCUT2D eigenvalue weighted by Gasteiger charge is -2.14. The normalized spacial score (nSPS) is 10.9. The summed E-state index contributed by atoms with van der Waals surface area (Å²) in [6, 6.07) is 14.5. The second-order valence-electron chi connectivity index (χ2n) is 7.24. The Hall–Kier alpha value is -3.35. The van der Waals surface area contributed by atoms with Gasteiger partial charge in [0.15, 0.2) is 0 Å². The molecule has 1 aromatic heterocycles. The van der Waals surface area contributed by atoms with Gasteiger partial charge < -0.3 is 15.4 Å². The number of methoxy groups -OCH3 is 1. The highest BCUT2D eigenvalue weighted by molar-refractivity contribution is 5.93. The smallest absolute Gasteiger partial charge is 0.350 e. The van der Waals surface area contributed by atoms with E-state index in [2.05, 4.69) is 29.5 Å². The molecule has 7 heteroatoms. The third-order valence-corrected chi connectivity index (χ3v) is 4.56. The minimum atomic E-state index is -0.462. The molecule has 0 radical (unpaired) electrons. The molecule has 3 aromatic rings. The molecule has 29 heavy (non-hydrogen) atoms. The predicted molar refractivity (Wildman–Crippen MR) is 116 cm³/mol. The topological polar surface area (TPSA) is 85.2 Å². The summed E-state index contributed by atoms with van der Waals surface area (Å²) in [5, 5.41) is 6.86. The molecule has 0 bridgehead atoms. The van der Waals surface area contributed by atoms with E-state index in [1.807, 2.05) is 24.3 Å². The monoisotopic (exact) mass is 394 g/mol. The molecule has 0 spiro atoms.